The Morgan fingerprint density at radius 2 is 0.688 bits per heavy atom. The van der Waals surface area contributed by atoms with Crippen LogP contribution in [0.5, 0.6) is 23.0 Å². The summed E-state index contributed by atoms with van der Waals surface area (Å²) in [6.07, 6.45) is 0. The first-order chi connectivity index (χ1) is 22.6. The van der Waals surface area contributed by atoms with E-state index in [1.54, 1.807) is 0 Å². The highest BCUT2D eigenvalue weighted by Gasteiger charge is 2.44. The van der Waals surface area contributed by atoms with Gasteiger partial charge in [-0.05, 0) is 24.3 Å². The molecule has 0 atom stereocenters. The number of carbonyl (C=O) groups excluding carboxylic acids is 2. The molecule has 0 fully saturated rings. The van der Waals surface area contributed by atoms with E-state index < -0.39 is 120 Å². The van der Waals surface area contributed by atoms with Crippen LogP contribution in [0.1, 0.15) is 31.8 Å². The van der Waals surface area contributed by atoms with E-state index in [1.807, 2.05) is 0 Å². The van der Waals surface area contributed by atoms with Crippen molar-refractivity contribution >= 4 is 45.7 Å². The van der Waals surface area contributed by atoms with Gasteiger partial charge in [0.2, 0.25) is 23.1 Å². The molecule has 1 aliphatic carbocycles. The molecule has 22 nitrogen and oxygen atoms in total. The van der Waals surface area contributed by atoms with Gasteiger partial charge in [0.05, 0.1) is 52.8 Å². The van der Waals surface area contributed by atoms with Crippen molar-refractivity contribution in [2.45, 2.75) is 0 Å². The van der Waals surface area contributed by atoms with E-state index >= 15 is 0 Å². The first-order valence-corrected chi connectivity index (χ1v) is 12.6. The number of nitro groups is 6. The Bertz CT molecular complexity index is 2060. The summed E-state index contributed by atoms with van der Waals surface area (Å²) >= 11 is 0. The average molecular weight is 662 g/mol. The zero-order valence-electron chi connectivity index (χ0n) is 23.0. The number of fused-ring (bicyclic) bond motifs is 2. The lowest BCUT2D eigenvalue weighted by molar-refractivity contribution is -0.394. The normalized spacial score (nSPS) is 11.6. The standard InChI is InChI=1S/C26H10N6O16/c33-25-22-14(30(41)42)4-8-20(48-18-6-2-12(28(37)38)10-16(18)32(45)46)24(22)26(34)21-13(29(39)40)3-7-19(23(21)25)47-17-5-1-11(27(35)36)9-15(17)31(43)44/h1-10H. The van der Waals surface area contributed by atoms with E-state index in [0.29, 0.717) is 24.3 Å². The van der Waals surface area contributed by atoms with E-state index in [-0.39, 0.29) is 0 Å². The van der Waals surface area contributed by atoms with Crippen LogP contribution < -0.4 is 9.47 Å². The molecule has 0 saturated heterocycles. The molecule has 0 bridgehead atoms. The Balaban J connectivity index is 1.75. The minimum atomic E-state index is -1.45. The van der Waals surface area contributed by atoms with Crippen LogP contribution in [0.15, 0.2) is 60.7 Å². The topological polar surface area (TPSA) is 311 Å². The smallest absolute Gasteiger partial charge is 0.318 e. The summed E-state index contributed by atoms with van der Waals surface area (Å²) in [5.74, 6) is -5.82. The number of nitrogens with zero attached hydrogens (tertiary/aromatic N) is 6. The fourth-order valence-electron chi connectivity index (χ4n) is 4.71. The van der Waals surface area contributed by atoms with Crippen molar-refractivity contribution in [3.8, 4) is 23.0 Å². The van der Waals surface area contributed by atoms with Crippen molar-refractivity contribution in [1.29, 1.82) is 0 Å². The van der Waals surface area contributed by atoms with Gasteiger partial charge in [0.1, 0.15) is 22.6 Å². The van der Waals surface area contributed by atoms with Gasteiger partial charge in [-0.2, -0.15) is 0 Å². The van der Waals surface area contributed by atoms with Crippen LogP contribution in [0.2, 0.25) is 0 Å². The van der Waals surface area contributed by atoms with Crippen molar-refractivity contribution in [2.75, 3.05) is 0 Å². The number of ether oxygens (including phenoxy) is 2. The lowest BCUT2D eigenvalue weighted by Crippen LogP contribution is -2.25. The summed E-state index contributed by atoms with van der Waals surface area (Å²) in [5, 5.41) is 69.5. The SMILES string of the molecule is O=C1c2c(Oc3ccc([N+](=O)[O-])cc3[N+](=O)[O-])ccc([N+](=O)[O-])c2C(=O)c2c(Oc3ccc([N+](=O)[O-])cc3[N+](=O)[O-])ccc([N+](=O)[O-])c21. The predicted octanol–water partition coefficient (Wildman–Crippen LogP) is 5.50. The number of non-ortho nitro benzene ring substituents is 2. The molecule has 0 heterocycles. The second kappa shape index (κ2) is 11.6. The maximum absolute atomic E-state index is 14.0. The van der Waals surface area contributed by atoms with Crippen molar-refractivity contribution in [1.82, 2.24) is 0 Å². The van der Waals surface area contributed by atoms with Crippen LogP contribution in [0, 0.1) is 60.7 Å². The Hall–Kier alpha value is -7.78. The highest BCUT2D eigenvalue weighted by Crippen LogP contribution is 2.47. The lowest BCUT2D eigenvalue weighted by Gasteiger charge is -2.22. The van der Waals surface area contributed by atoms with Crippen molar-refractivity contribution < 1.29 is 48.6 Å². The van der Waals surface area contributed by atoms with Gasteiger partial charge < -0.3 is 9.47 Å². The van der Waals surface area contributed by atoms with Gasteiger partial charge in [0.15, 0.2) is 0 Å². The molecule has 4 aromatic rings. The molecule has 0 aliphatic heterocycles. The quantitative estimate of drug-likeness (QED) is 0.132. The lowest BCUT2D eigenvalue weighted by atomic mass is 9.81. The van der Waals surface area contributed by atoms with Crippen molar-refractivity contribution in [2.24, 2.45) is 0 Å². The molecule has 0 amide bonds. The molecule has 0 radical (unpaired) electrons. The number of benzene rings is 4. The van der Waals surface area contributed by atoms with Gasteiger partial charge in [-0.3, -0.25) is 70.3 Å². The van der Waals surface area contributed by atoms with E-state index in [4.69, 9.17) is 9.47 Å². The van der Waals surface area contributed by atoms with E-state index in [2.05, 4.69) is 0 Å². The summed E-state index contributed by atoms with van der Waals surface area (Å²) < 4.78 is 11.0. The number of carbonyl (C=O) groups is 2. The molecule has 0 aromatic heterocycles. The fourth-order valence-corrected chi connectivity index (χ4v) is 4.71. The highest BCUT2D eigenvalue weighted by molar-refractivity contribution is 6.32. The van der Waals surface area contributed by atoms with Crippen LogP contribution in [0.3, 0.4) is 0 Å². The maximum Gasteiger partial charge on any atom is 0.318 e. The van der Waals surface area contributed by atoms with Gasteiger partial charge in [0.25, 0.3) is 22.7 Å². The summed E-state index contributed by atoms with van der Waals surface area (Å²) in [4.78, 5) is 91.3. The largest absolute Gasteiger partial charge is 0.449 e. The van der Waals surface area contributed by atoms with Gasteiger partial charge in [-0.25, -0.2) is 0 Å². The van der Waals surface area contributed by atoms with Gasteiger partial charge in [-0.1, -0.05) is 0 Å². The average Bonchev–Trinajstić information content (AvgIpc) is 3.02. The van der Waals surface area contributed by atoms with E-state index in [0.717, 1.165) is 36.4 Å². The number of rotatable bonds is 10. The van der Waals surface area contributed by atoms with Gasteiger partial charge >= 0.3 is 11.4 Å². The molecule has 1 aliphatic rings. The number of nitro benzene ring substituents is 6. The Morgan fingerprint density at radius 1 is 0.375 bits per heavy atom. The first-order valence-electron chi connectivity index (χ1n) is 12.6. The molecular formula is C26H10N6O16. The molecule has 0 N–H and O–H groups in total. The number of hydrogen-bond donors (Lipinski definition) is 0. The number of hydrogen-bond acceptors (Lipinski definition) is 16. The molecule has 0 spiro atoms. The summed E-state index contributed by atoms with van der Waals surface area (Å²) in [5.41, 5.74) is -9.40. The maximum atomic E-state index is 14.0. The zero-order chi connectivity index (χ0) is 35.2. The minimum absolute atomic E-state index is 0.515. The molecular weight excluding hydrogens is 652 g/mol. The molecule has 22 heteroatoms. The second-order valence-electron chi connectivity index (χ2n) is 9.37. The fraction of sp³-hybridized carbons (Fsp3) is 0. The summed E-state index contributed by atoms with van der Waals surface area (Å²) in [6.45, 7) is 0. The molecule has 4 aromatic carbocycles. The van der Waals surface area contributed by atoms with Crippen LogP contribution in [-0.4, -0.2) is 41.1 Å². The molecule has 0 saturated carbocycles. The van der Waals surface area contributed by atoms with Crippen LogP contribution in [-0.2, 0) is 0 Å². The third-order valence-electron chi connectivity index (χ3n) is 6.73. The molecule has 0 unspecified atom stereocenters. The van der Waals surface area contributed by atoms with E-state index in [9.17, 15) is 70.3 Å². The molecule has 5 rings (SSSR count). The second-order valence-corrected chi connectivity index (χ2v) is 9.37. The highest BCUT2D eigenvalue weighted by atomic mass is 16.6. The summed E-state index contributed by atoms with van der Waals surface area (Å²) in [7, 11) is 0. The Kier molecular flexibility index (Phi) is 7.66. The van der Waals surface area contributed by atoms with Crippen LogP contribution in [0.25, 0.3) is 0 Å². The molecule has 48 heavy (non-hydrogen) atoms. The van der Waals surface area contributed by atoms with Gasteiger partial charge in [0, 0.05) is 24.3 Å². The van der Waals surface area contributed by atoms with E-state index in [1.165, 1.54) is 0 Å². The first kappa shape index (κ1) is 31.6. The Morgan fingerprint density at radius 3 is 0.979 bits per heavy atom. The molecule has 240 valence electrons. The third-order valence-corrected chi connectivity index (χ3v) is 6.73. The predicted molar refractivity (Wildman–Crippen MR) is 153 cm³/mol. The minimum Gasteiger partial charge on any atom is -0.449 e. The van der Waals surface area contributed by atoms with Crippen LogP contribution >= 0.6 is 0 Å². The number of ketones is 2. The monoisotopic (exact) mass is 662 g/mol. The Labute approximate surface area is 261 Å². The third kappa shape index (κ3) is 5.27. The zero-order valence-corrected chi connectivity index (χ0v) is 23.0. The van der Waals surface area contributed by atoms with Crippen molar-refractivity contribution in [3.63, 3.8) is 0 Å². The van der Waals surface area contributed by atoms with Crippen LogP contribution in [0.4, 0.5) is 34.1 Å². The summed E-state index contributed by atoms with van der Waals surface area (Å²) in [6, 6.07) is 7.08. The van der Waals surface area contributed by atoms with Gasteiger partial charge in [-0.15, -0.1) is 0 Å². The van der Waals surface area contributed by atoms with Crippen molar-refractivity contribution in [3.05, 3.63) is 144 Å².